The molecule has 8 heteroatoms. The Morgan fingerprint density at radius 3 is 3.00 bits per heavy atom. The first kappa shape index (κ1) is 17.2. The second kappa shape index (κ2) is 8.43. The Bertz CT molecular complexity index is 492. The standard InChI is InChI=1S/C13H17N3O4.ClH/c17-13(15-10-3-2-6-14-8-10)9-20-12-5-1-4-11(7-12)16(18)19;/h1,4-5,7,10,14H,2-3,6,8-9H2,(H,15,17);1H/t10-;/m0./s1. The van der Waals surface area contributed by atoms with Crippen molar-refractivity contribution in [3.8, 4) is 5.75 Å². The van der Waals surface area contributed by atoms with Gasteiger partial charge in [0, 0.05) is 18.7 Å². The molecule has 1 atom stereocenters. The van der Waals surface area contributed by atoms with Crippen LogP contribution in [0, 0.1) is 10.1 Å². The minimum Gasteiger partial charge on any atom is -0.484 e. The third kappa shape index (κ3) is 5.57. The number of nitro benzene ring substituents is 1. The maximum Gasteiger partial charge on any atom is 0.273 e. The Balaban J connectivity index is 0.00000220. The van der Waals surface area contributed by atoms with Gasteiger partial charge < -0.3 is 15.4 Å². The van der Waals surface area contributed by atoms with E-state index in [2.05, 4.69) is 10.6 Å². The predicted octanol–water partition coefficient (Wildman–Crippen LogP) is 1.26. The lowest BCUT2D eigenvalue weighted by atomic mass is 10.1. The Kier molecular flexibility index (Phi) is 6.90. The number of ether oxygens (including phenoxy) is 1. The average molecular weight is 316 g/mol. The second-order valence-electron chi connectivity index (χ2n) is 4.65. The number of carbonyl (C=O) groups excluding carboxylic acids is 1. The number of hydrogen-bond acceptors (Lipinski definition) is 5. The summed E-state index contributed by atoms with van der Waals surface area (Å²) in [5.41, 5.74) is -0.0561. The van der Waals surface area contributed by atoms with Crippen LogP contribution in [0.4, 0.5) is 5.69 Å². The summed E-state index contributed by atoms with van der Waals surface area (Å²) >= 11 is 0. The highest BCUT2D eigenvalue weighted by Gasteiger charge is 2.15. The van der Waals surface area contributed by atoms with E-state index in [0.717, 1.165) is 25.9 Å². The molecule has 0 bridgehead atoms. The van der Waals surface area contributed by atoms with Crippen LogP contribution in [0.2, 0.25) is 0 Å². The summed E-state index contributed by atoms with van der Waals surface area (Å²) in [6, 6.07) is 5.92. The van der Waals surface area contributed by atoms with Crippen molar-refractivity contribution in [3.63, 3.8) is 0 Å². The summed E-state index contributed by atoms with van der Waals surface area (Å²) in [7, 11) is 0. The van der Waals surface area contributed by atoms with E-state index < -0.39 is 4.92 Å². The zero-order chi connectivity index (χ0) is 14.4. The first-order valence-corrected chi connectivity index (χ1v) is 6.52. The lowest BCUT2D eigenvalue weighted by Gasteiger charge is -2.23. The number of amides is 1. The molecule has 1 fully saturated rings. The van der Waals surface area contributed by atoms with Gasteiger partial charge in [0.15, 0.2) is 6.61 Å². The molecule has 1 amide bonds. The Morgan fingerprint density at radius 2 is 2.33 bits per heavy atom. The van der Waals surface area contributed by atoms with Crippen LogP contribution in [0.5, 0.6) is 5.75 Å². The first-order valence-electron chi connectivity index (χ1n) is 6.52. The molecule has 0 radical (unpaired) electrons. The summed E-state index contributed by atoms with van der Waals surface area (Å²) in [6.07, 6.45) is 1.99. The molecule has 0 aliphatic carbocycles. The summed E-state index contributed by atoms with van der Waals surface area (Å²) < 4.78 is 5.26. The minimum atomic E-state index is -0.499. The zero-order valence-corrected chi connectivity index (χ0v) is 12.2. The fourth-order valence-corrected chi connectivity index (χ4v) is 2.08. The SMILES string of the molecule is Cl.O=C(COc1cccc([N+](=O)[O-])c1)N[C@H]1CCCNC1. The quantitative estimate of drug-likeness (QED) is 0.630. The van der Waals surface area contributed by atoms with Crippen molar-refractivity contribution >= 4 is 24.0 Å². The van der Waals surface area contributed by atoms with Gasteiger partial charge in [-0.1, -0.05) is 6.07 Å². The number of nitrogens with zero attached hydrogens (tertiary/aromatic N) is 1. The van der Waals surface area contributed by atoms with Crippen LogP contribution < -0.4 is 15.4 Å². The van der Waals surface area contributed by atoms with Crippen molar-refractivity contribution in [2.75, 3.05) is 19.7 Å². The molecule has 1 heterocycles. The molecule has 0 spiro atoms. The number of nitro groups is 1. The van der Waals surface area contributed by atoms with Gasteiger partial charge in [0.1, 0.15) is 5.75 Å². The number of carbonyl (C=O) groups is 1. The van der Waals surface area contributed by atoms with Crippen molar-refractivity contribution < 1.29 is 14.5 Å². The fourth-order valence-electron chi connectivity index (χ4n) is 2.08. The van der Waals surface area contributed by atoms with Crippen molar-refractivity contribution in [1.82, 2.24) is 10.6 Å². The highest BCUT2D eigenvalue weighted by Crippen LogP contribution is 2.18. The highest BCUT2D eigenvalue weighted by molar-refractivity contribution is 5.85. The van der Waals surface area contributed by atoms with Gasteiger partial charge >= 0.3 is 0 Å². The van der Waals surface area contributed by atoms with E-state index in [1.807, 2.05) is 0 Å². The second-order valence-corrected chi connectivity index (χ2v) is 4.65. The summed E-state index contributed by atoms with van der Waals surface area (Å²) in [5.74, 6) is 0.0984. The molecular weight excluding hydrogens is 298 g/mol. The summed E-state index contributed by atoms with van der Waals surface area (Å²) in [4.78, 5) is 21.8. The number of nitrogens with one attached hydrogen (secondary N) is 2. The van der Waals surface area contributed by atoms with E-state index in [1.165, 1.54) is 18.2 Å². The van der Waals surface area contributed by atoms with E-state index >= 15 is 0 Å². The van der Waals surface area contributed by atoms with Crippen LogP contribution in [0.1, 0.15) is 12.8 Å². The van der Waals surface area contributed by atoms with Gasteiger partial charge in [-0.2, -0.15) is 0 Å². The average Bonchev–Trinajstić information content (AvgIpc) is 2.46. The normalized spacial score (nSPS) is 17.4. The van der Waals surface area contributed by atoms with Gasteiger partial charge in [-0.05, 0) is 25.5 Å². The summed E-state index contributed by atoms with van der Waals surface area (Å²) in [6.45, 7) is 1.61. The molecule has 1 aromatic carbocycles. The van der Waals surface area contributed by atoms with Gasteiger partial charge in [-0.25, -0.2) is 0 Å². The Labute approximate surface area is 128 Å². The molecule has 0 unspecified atom stereocenters. The van der Waals surface area contributed by atoms with Crippen LogP contribution in [-0.2, 0) is 4.79 Å². The van der Waals surface area contributed by atoms with Gasteiger partial charge in [0.2, 0.25) is 0 Å². The van der Waals surface area contributed by atoms with Crippen LogP contribution in [0.3, 0.4) is 0 Å². The van der Waals surface area contributed by atoms with Crippen LogP contribution in [0.15, 0.2) is 24.3 Å². The van der Waals surface area contributed by atoms with Crippen molar-refractivity contribution in [2.24, 2.45) is 0 Å². The molecule has 7 nitrogen and oxygen atoms in total. The Hall–Kier alpha value is -1.86. The first-order chi connectivity index (χ1) is 9.65. The van der Waals surface area contributed by atoms with Gasteiger partial charge in [0.25, 0.3) is 11.6 Å². The van der Waals surface area contributed by atoms with Crippen LogP contribution >= 0.6 is 12.4 Å². The molecule has 1 aliphatic rings. The molecular formula is C13H18ClN3O4. The molecule has 2 rings (SSSR count). The molecule has 2 N–H and O–H groups in total. The number of non-ortho nitro benzene ring substituents is 1. The van der Waals surface area contributed by atoms with Gasteiger partial charge in [-0.15, -0.1) is 12.4 Å². The predicted molar refractivity (Wildman–Crippen MR) is 79.9 cm³/mol. The monoisotopic (exact) mass is 315 g/mol. The molecule has 0 saturated carbocycles. The van der Waals surface area contributed by atoms with Crippen molar-refractivity contribution in [1.29, 1.82) is 0 Å². The van der Waals surface area contributed by atoms with Crippen LogP contribution in [0.25, 0.3) is 0 Å². The summed E-state index contributed by atoms with van der Waals surface area (Å²) in [5, 5.41) is 16.7. The number of hydrogen-bond donors (Lipinski definition) is 2. The maximum atomic E-state index is 11.7. The molecule has 0 aromatic heterocycles. The molecule has 21 heavy (non-hydrogen) atoms. The third-order valence-corrected chi connectivity index (χ3v) is 3.06. The maximum absolute atomic E-state index is 11.7. The van der Waals surface area contributed by atoms with Crippen LogP contribution in [-0.4, -0.2) is 36.6 Å². The molecule has 1 aromatic rings. The van der Waals surface area contributed by atoms with E-state index in [9.17, 15) is 14.9 Å². The van der Waals surface area contributed by atoms with Gasteiger partial charge in [0.05, 0.1) is 11.0 Å². The smallest absolute Gasteiger partial charge is 0.273 e. The molecule has 1 saturated heterocycles. The number of benzene rings is 1. The van der Waals surface area contributed by atoms with E-state index in [-0.39, 0.29) is 36.7 Å². The third-order valence-electron chi connectivity index (χ3n) is 3.06. The topological polar surface area (TPSA) is 93.5 Å². The lowest BCUT2D eigenvalue weighted by Crippen LogP contribution is -2.46. The van der Waals surface area contributed by atoms with E-state index in [0.29, 0.717) is 5.75 Å². The molecule has 116 valence electrons. The Morgan fingerprint density at radius 1 is 1.52 bits per heavy atom. The van der Waals surface area contributed by atoms with E-state index in [1.54, 1.807) is 6.07 Å². The lowest BCUT2D eigenvalue weighted by molar-refractivity contribution is -0.384. The number of halogens is 1. The zero-order valence-electron chi connectivity index (χ0n) is 11.4. The number of rotatable bonds is 5. The minimum absolute atomic E-state index is 0. The van der Waals surface area contributed by atoms with Crippen molar-refractivity contribution in [3.05, 3.63) is 34.4 Å². The molecule has 1 aliphatic heterocycles. The van der Waals surface area contributed by atoms with Crippen molar-refractivity contribution in [2.45, 2.75) is 18.9 Å². The largest absolute Gasteiger partial charge is 0.484 e. The van der Waals surface area contributed by atoms with E-state index in [4.69, 9.17) is 4.74 Å². The van der Waals surface area contributed by atoms with Gasteiger partial charge in [-0.3, -0.25) is 14.9 Å². The highest BCUT2D eigenvalue weighted by atomic mass is 35.5. The fraction of sp³-hybridized carbons (Fsp3) is 0.462. The number of piperidine rings is 1.